The van der Waals surface area contributed by atoms with Crippen LogP contribution in [0.2, 0.25) is 0 Å². The second-order valence-electron chi connectivity index (χ2n) is 8.11. The van der Waals surface area contributed by atoms with Gasteiger partial charge in [0.25, 0.3) is 0 Å². The first kappa shape index (κ1) is 30.9. The van der Waals surface area contributed by atoms with E-state index in [1.807, 2.05) is 30.5 Å². The monoisotopic (exact) mass is 553 g/mol. The molecule has 0 bridgehead atoms. The van der Waals surface area contributed by atoms with Crippen molar-refractivity contribution in [2.24, 2.45) is 0 Å². The van der Waals surface area contributed by atoms with E-state index in [9.17, 15) is 26.3 Å². The molecule has 0 radical (unpaired) electrons. The van der Waals surface area contributed by atoms with E-state index in [2.05, 4.69) is 20.9 Å². The number of hydrogen-bond donors (Lipinski definition) is 2. The number of carboxylic acids is 2. The van der Waals surface area contributed by atoms with Gasteiger partial charge in [0.05, 0.1) is 18.4 Å². The van der Waals surface area contributed by atoms with Crippen molar-refractivity contribution < 1.29 is 55.6 Å². The van der Waals surface area contributed by atoms with E-state index in [-0.39, 0.29) is 12.2 Å². The number of aliphatic carboxylic acids is 2. The minimum atomic E-state index is -5.08. The quantitative estimate of drug-likeness (QED) is 0.534. The van der Waals surface area contributed by atoms with Gasteiger partial charge in [0.1, 0.15) is 6.10 Å². The summed E-state index contributed by atoms with van der Waals surface area (Å²) in [5.41, 5.74) is 2.26. The number of nitrogens with zero attached hydrogens (tertiary/aromatic N) is 3. The Labute approximate surface area is 213 Å². The van der Waals surface area contributed by atoms with Crippen LogP contribution in [0.15, 0.2) is 48.9 Å². The number of rotatable bonds is 5. The summed E-state index contributed by atoms with van der Waals surface area (Å²) < 4.78 is 75.8. The molecule has 0 aromatic carbocycles. The van der Waals surface area contributed by atoms with Crippen LogP contribution < -0.4 is 0 Å². The Bertz CT molecular complexity index is 986. The zero-order valence-electron chi connectivity index (χ0n) is 19.7. The maximum Gasteiger partial charge on any atom is 0.490 e. The van der Waals surface area contributed by atoms with Gasteiger partial charge in [0.2, 0.25) is 0 Å². The number of carboxylic acid groups (broad SMARTS) is 2. The summed E-state index contributed by atoms with van der Waals surface area (Å²) in [6.45, 7) is 3.21. The molecule has 0 saturated carbocycles. The smallest absolute Gasteiger partial charge is 0.475 e. The topological polar surface area (TPSA) is 122 Å². The summed E-state index contributed by atoms with van der Waals surface area (Å²) in [6, 6.07) is 10.5. The van der Waals surface area contributed by atoms with Crippen molar-refractivity contribution >= 4 is 11.9 Å². The van der Waals surface area contributed by atoms with E-state index in [4.69, 9.17) is 29.3 Å². The Kier molecular flexibility index (Phi) is 11.4. The molecule has 2 aromatic rings. The van der Waals surface area contributed by atoms with E-state index in [1.54, 1.807) is 12.4 Å². The van der Waals surface area contributed by atoms with Crippen LogP contribution in [0.3, 0.4) is 0 Å². The Morgan fingerprint density at radius 1 is 1.00 bits per heavy atom. The molecule has 210 valence electrons. The maximum atomic E-state index is 10.6. The lowest BCUT2D eigenvalue weighted by Gasteiger charge is -2.32. The number of halogens is 6. The lowest BCUT2D eigenvalue weighted by Crippen LogP contribution is -2.41. The van der Waals surface area contributed by atoms with Crippen LogP contribution in [-0.4, -0.2) is 80.8 Å². The highest BCUT2D eigenvalue weighted by atomic mass is 19.4. The Morgan fingerprint density at radius 3 is 2.13 bits per heavy atom. The van der Waals surface area contributed by atoms with Crippen LogP contribution in [0.4, 0.5) is 26.3 Å². The van der Waals surface area contributed by atoms with Crippen LogP contribution in [0, 0.1) is 0 Å². The van der Waals surface area contributed by atoms with Crippen molar-refractivity contribution in [3.8, 4) is 0 Å². The van der Waals surface area contributed by atoms with E-state index >= 15 is 0 Å². The molecule has 4 rings (SSSR count). The molecule has 0 amide bonds. The van der Waals surface area contributed by atoms with Crippen molar-refractivity contribution in [2.45, 2.75) is 56.6 Å². The van der Waals surface area contributed by atoms with Gasteiger partial charge < -0.3 is 19.7 Å². The highest BCUT2D eigenvalue weighted by molar-refractivity contribution is 5.73. The molecule has 0 unspecified atom stereocenters. The Balaban J connectivity index is 0.000000301. The molecule has 2 aliphatic rings. The molecule has 38 heavy (non-hydrogen) atoms. The van der Waals surface area contributed by atoms with Crippen molar-refractivity contribution in [1.29, 1.82) is 0 Å². The minimum Gasteiger partial charge on any atom is -0.475 e. The van der Waals surface area contributed by atoms with E-state index < -0.39 is 24.3 Å². The van der Waals surface area contributed by atoms with Gasteiger partial charge in [0.15, 0.2) is 0 Å². The molecule has 2 N–H and O–H groups in total. The van der Waals surface area contributed by atoms with Gasteiger partial charge in [-0.05, 0) is 42.7 Å². The molecule has 2 saturated heterocycles. The van der Waals surface area contributed by atoms with Gasteiger partial charge in [-0.25, -0.2) is 9.59 Å². The molecule has 3 atom stereocenters. The van der Waals surface area contributed by atoms with Gasteiger partial charge in [-0.15, -0.1) is 0 Å². The first-order valence-corrected chi connectivity index (χ1v) is 11.1. The predicted octanol–water partition coefficient (Wildman–Crippen LogP) is 3.69. The van der Waals surface area contributed by atoms with E-state index in [1.165, 1.54) is 6.42 Å². The van der Waals surface area contributed by atoms with Gasteiger partial charge in [0, 0.05) is 44.3 Å². The fourth-order valence-electron chi connectivity index (χ4n) is 3.71. The van der Waals surface area contributed by atoms with Crippen LogP contribution in [0.5, 0.6) is 0 Å². The van der Waals surface area contributed by atoms with Gasteiger partial charge in [-0.3, -0.25) is 14.9 Å². The standard InChI is InChI=1S/C19H23N3O2.2C2HF3O2/c1-2-8-21-16(4-1)12-22-13-18(19-17(22)5-3-11-23-19)24-14-15-6-9-20-10-7-15;2*3-2(4,5)1(6)7/h1-2,4,6-10,17-19H,3,5,11-14H2;2*(H,6,7)/t17-,18+,19+;;/m0../s1. The predicted molar refractivity (Wildman–Crippen MR) is 118 cm³/mol. The summed E-state index contributed by atoms with van der Waals surface area (Å²) in [5.74, 6) is -5.51. The fourth-order valence-corrected chi connectivity index (χ4v) is 3.71. The highest BCUT2D eigenvalue weighted by Crippen LogP contribution is 2.32. The summed E-state index contributed by atoms with van der Waals surface area (Å²) in [7, 11) is 0. The van der Waals surface area contributed by atoms with Crippen molar-refractivity contribution in [2.75, 3.05) is 13.2 Å². The summed E-state index contributed by atoms with van der Waals surface area (Å²) >= 11 is 0. The number of ether oxygens (including phenoxy) is 2. The zero-order chi connectivity index (χ0) is 28.3. The number of pyridine rings is 2. The largest absolute Gasteiger partial charge is 0.490 e. The average Bonchev–Trinajstić information content (AvgIpc) is 3.21. The highest BCUT2D eigenvalue weighted by Gasteiger charge is 2.44. The third-order valence-corrected chi connectivity index (χ3v) is 5.37. The molecule has 15 heteroatoms. The summed E-state index contributed by atoms with van der Waals surface area (Å²) in [6.07, 6.45) is -2.11. The Morgan fingerprint density at radius 2 is 1.61 bits per heavy atom. The summed E-state index contributed by atoms with van der Waals surface area (Å²) in [5, 5.41) is 14.2. The summed E-state index contributed by atoms with van der Waals surface area (Å²) in [4.78, 5) is 28.8. The number of carbonyl (C=O) groups is 2. The number of alkyl halides is 6. The van der Waals surface area contributed by atoms with Gasteiger partial charge in [-0.1, -0.05) is 6.07 Å². The van der Waals surface area contributed by atoms with Crippen LogP contribution in [-0.2, 0) is 32.2 Å². The van der Waals surface area contributed by atoms with E-state index in [0.717, 1.165) is 37.4 Å². The van der Waals surface area contributed by atoms with Crippen LogP contribution >= 0.6 is 0 Å². The molecular weight excluding hydrogens is 528 g/mol. The van der Waals surface area contributed by atoms with Gasteiger partial charge in [-0.2, -0.15) is 26.3 Å². The van der Waals surface area contributed by atoms with Crippen LogP contribution in [0.25, 0.3) is 0 Å². The molecule has 0 spiro atoms. The minimum absolute atomic E-state index is 0.118. The molecule has 2 aliphatic heterocycles. The second-order valence-corrected chi connectivity index (χ2v) is 8.11. The van der Waals surface area contributed by atoms with Gasteiger partial charge >= 0.3 is 24.3 Å². The number of likely N-dealkylation sites (tertiary alicyclic amines) is 1. The maximum absolute atomic E-state index is 10.6. The number of fused-ring (bicyclic) bond motifs is 1. The molecule has 2 fully saturated rings. The average molecular weight is 553 g/mol. The third-order valence-electron chi connectivity index (χ3n) is 5.37. The normalized spacial score (nSPS) is 21.3. The lowest BCUT2D eigenvalue weighted by atomic mass is 10.0. The molecule has 0 aliphatic carbocycles. The van der Waals surface area contributed by atoms with Crippen molar-refractivity contribution in [3.63, 3.8) is 0 Å². The zero-order valence-corrected chi connectivity index (χ0v) is 19.7. The number of hydrogen-bond acceptors (Lipinski definition) is 7. The van der Waals surface area contributed by atoms with E-state index in [0.29, 0.717) is 12.6 Å². The van der Waals surface area contributed by atoms with Crippen LogP contribution in [0.1, 0.15) is 24.1 Å². The molecule has 2 aromatic heterocycles. The molecule has 4 heterocycles. The lowest BCUT2D eigenvalue weighted by molar-refractivity contribution is -0.193. The molecule has 9 nitrogen and oxygen atoms in total. The first-order chi connectivity index (χ1) is 17.8. The fraction of sp³-hybridized carbons (Fsp3) is 0.478. The Hall–Kier alpha value is -3.30. The van der Waals surface area contributed by atoms with Crippen molar-refractivity contribution in [1.82, 2.24) is 14.9 Å². The van der Waals surface area contributed by atoms with Crippen molar-refractivity contribution in [3.05, 3.63) is 60.2 Å². The second kappa shape index (κ2) is 14.0. The third kappa shape index (κ3) is 10.2. The number of aromatic nitrogens is 2. The molecular formula is C23H25F6N3O6. The SMILES string of the molecule is O=C(O)C(F)(F)F.O=C(O)C(F)(F)F.c1ccc(CN2C[C@@H](OCc3ccncc3)[C@@H]3OCCC[C@@H]32)nc1. The first-order valence-electron chi connectivity index (χ1n) is 11.1.